The minimum atomic E-state index is -0.799. The second-order valence-corrected chi connectivity index (χ2v) is 17.7. The predicted octanol–water partition coefficient (Wildman–Crippen LogP) is 18.0. The summed E-state index contributed by atoms with van der Waals surface area (Å²) in [5.41, 5.74) is 0. The molecule has 0 rings (SSSR count). The number of carbonyl (C=O) groups excluding carboxylic acids is 3. The molecule has 0 unspecified atom stereocenters. The van der Waals surface area contributed by atoms with Gasteiger partial charge in [0.05, 0.1) is 0 Å². The van der Waals surface area contributed by atoms with Gasteiger partial charge in [0.2, 0.25) is 0 Å². The van der Waals surface area contributed by atoms with Gasteiger partial charge >= 0.3 is 17.9 Å². The highest BCUT2D eigenvalue weighted by atomic mass is 16.6. The van der Waals surface area contributed by atoms with Crippen LogP contribution < -0.4 is 0 Å². The molecule has 0 radical (unpaired) electrons. The average molecular weight is 905 g/mol. The minimum Gasteiger partial charge on any atom is -0.462 e. The summed E-state index contributed by atoms with van der Waals surface area (Å²) in [6, 6.07) is 0. The van der Waals surface area contributed by atoms with E-state index in [4.69, 9.17) is 14.2 Å². The van der Waals surface area contributed by atoms with Crippen LogP contribution in [0.4, 0.5) is 0 Å². The molecule has 0 fully saturated rings. The molecule has 0 saturated carbocycles. The van der Waals surface area contributed by atoms with Gasteiger partial charge in [-0.1, -0.05) is 202 Å². The minimum absolute atomic E-state index is 0.0958. The van der Waals surface area contributed by atoms with Crippen molar-refractivity contribution >= 4 is 17.9 Å². The van der Waals surface area contributed by atoms with Crippen LogP contribution >= 0.6 is 0 Å². The quantitative estimate of drug-likeness (QED) is 0.0262. The van der Waals surface area contributed by atoms with Crippen molar-refractivity contribution in [2.75, 3.05) is 13.2 Å². The molecule has 0 heterocycles. The van der Waals surface area contributed by atoms with E-state index >= 15 is 0 Å². The number of allylic oxidation sites excluding steroid dienone is 14. The molecule has 372 valence electrons. The van der Waals surface area contributed by atoms with Gasteiger partial charge in [0, 0.05) is 19.3 Å². The first kappa shape index (κ1) is 61.6. The number of unbranched alkanes of at least 4 members (excludes halogenated alkanes) is 23. The molecule has 1 atom stereocenters. The molecule has 6 heteroatoms. The highest BCUT2D eigenvalue weighted by molar-refractivity contribution is 5.71. The van der Waals surface area contributed by atoms with Crippen molar-refractivity contribution in [1.82, 2.24) is 0 Å². The molecular weight excluding hydrogens is 805 g/mol. The van der Waals surface area contributed by atoms with E-state index in [1.54, 1.807) is 0 Å². The predicted molar refractivity (Wildman–Crippen MR) is 279 cm³/mol. The summed E-state index contributed by atoms with van der Waals surface area (Å²) in [6.07, 6.45) is 68.5. The number of rotatable bonds is 48. The first-order valence-electron chi connectivity index (χ1n) is 27.1. The number of carbonyl (C=O) groups is 3. The van der Waals surface area contributed by atoms with E-state index in [1.807, 2.05) is 0 Å². The van der Waals surface area contributed by atoms with Gasteiger partial charge in [0.1, 0.15) is 13.2 Å². The van der Waals surface area contributed by atoms with Crippen molar-refractivity contribution in [3.63, 3.8) is 0 Å². The largest absolute Gasteiger partial charge is 0.462 e. The number of ether oxygens (including phenoxy) is 3. The van der Waals surface area contributed by atoms with Gasteiger partial charge in [0.25, 0.3) is 0 Å². The van der Waals surface area contributed by atoms with Crippen molar-refractivity contribution in [2.45, 2.75) is 258 Å². The van der Waals surface area contributed by atoms with Crippen molar-refractivity contribution in [1.29, 1.82) is 0 Å². The van der Waals surface area contributed by atoms with Crippen LogP contribution in [0.5, 0.6) is 0 Å². The summed E-state index contributed by atoms with van der Waals surface area (Å²) in [5.74, 6) is -0.949. The van der Waals surface area contributed by atoms with Gasteiger partial charge in [-0.3, -0.25) is 14.4 Å². The monoisotopic (exact) mass is 905 g/mol. The fraction of sp³-hybridized carbons (Fsp3) is 0.712. The highest BCUT2D eigenvalue weighted by Crippen LogP contribution is 2.14. The molecule has 65 heavy (non-hydrogen) atoms. The van der Waals surface area contributed by atoms with Crippen molar-refractivity contribution in [3.05, 3.63) is 85.1 Å². The number of hydrogen-bond acceptors (Lipinski definition) is 6. The smallest absolute Gasteiger partial charge is 0.306 e. The fourth-order valence-corrected chi connectivity index (χ4v) is 7.28. The molecule has 0 aliphatic rings. The Balaban J connectivity index is 4.46. The first-order chi connectivity index (χ1) is 32.0. The lowest BCUT2D eigenvalue weighted by Gasteiger charge is -2.18. The van der Waals surface area contributed by atoms with Crippen molar-refractivity contribution in [3.8, 4) is 0 Å². The zero-order chi connectivity index (χ0) is 47.2. The summed E-state index contributed by atoms with van der Waals surface area (Å²) in [7, 11) is 0. The Kier molecular flexibility index (Phi) is 50.4. The van der Waals surface area contributed by atoms with Crippen LogP contribution in [0, 0.1) is 0 Å². The zero-order valence-corrected chi connectivity index (χ0v) is 42.5. The lowest BCUT2D eigenvalue weighted by molar-refractivity contribution is -0.167. The van der Waals surface area contributed by atoms with Crippen molar-refractivity contribution < 1.29 is 28.6 Å². The molecular formula is C59H100O6. The molecule has 0 amide bonds. The number of hydrogen-bond donors (Lipinski definition) is 0. The third kappa shape index (κ3) is 51.4. The van der Waals surface area contributed by atoms with Crippen LogP contribution in [0.15, 0.2) is 85.1 Å². The third-order valence-electron chi connectivity index (χ3n) is 11.4. The Morgan fingerprint density at radius 1 is 0.323 bits per heavy atom. The molecule has 0 aromatic rings. The van der Waals surface area contributed by atoms with Gasteiger partial charge in [-0.15, -0.1) is 0 Å². The van der Waals surface area contributed by atoms with Gasteiger partial charge < -0.3 is 14.2 Å². The van der Waals surface area contributed by atoms with Gasteiger partial charge in [0.15, 0.2) is 6.10 Å². The molecule has 0 aliphatic carbocycles. The van der Waals surface area contributed by atoms with Crippen LogP contribution in [0.25, 0.3) is 0 Å². The second-order valence-electron chi connectivity index (χ2n) is 17.7. The van der Waals surface area contributed by atoms with Gasteiger partial charge in [-0.05, 0) is 116 Å². The van der Waals surface area contributed by atoms with E-state index in [2.05, 4.69) is 106 Å². The maximum absolute atomic E-state index is 12.8. The van der Waals surface area contributed by atoms with E-state index in [0.29, 0.717) is 19.3 Å². The molecule has 0 aromatic carbocycles. The van der Waals surface area contributed by atoms with Crippen LogP contribution in [0.3, 0.4) is 0 Å². The van der Waals surface area contributed by atoms with Crippen LogP contribution in [0.1, 0.15) is 252 Å². The fourth-order valence-electron chi connectivity index (χ4n) is 7.28. The van der Waals surface area contributed by atoms with Gasteiger partial charge in [-0.25, -0.2) is 0 Å². The Morgan fingerprint density at radius 3 is 1.02 bits per heavy atom. The Morgan fingerprint density at radius 2 is 0.600 bits per heavy atom. The Bertz CT molecular complexity index is 1270. The third-order valence-corrected chi connectivity index (χ3v) is 11.4. The SMILES string of the molecule is CC/C=C\C/C=C\C/C=C\C/C=C\CCCCC(=O)OC[C@H](COC(=O)CCCCCCCCC/C=C\C/C=C\CCCCC)OC(=O)CCCCCCCCC/C=C\CCCCCC. The zero-order valence-electron chi connectivity index (χ0n) is 42.5. The average Bonchev–Trinajstić information content (AvgIpc) is 3.30. The molecule has 0 spiro atoms. The summed E-state index contributed by atoms with van der Waals surface area (Å²) in [6.45, 7) is 6.44. The van der Waals surface area contributed by atoms with E-state index < -0.39 is 6.10 Å². The maximum Gasteiger partial charge on any atom is 0.306 e. The summed E-state index contributed by atoms with van der Waals surface area (Å²) in [5, 5.41) is 0. The van der Waals surface area contributed by atoms with Crippen LogP contribution in [-0.4, -0.2) is 37.2 Å². The highest BCUT2D eigenvalue weighted by Gasteiger charge is 2.19. The molecule has 0 aromatic heterocycles. The van der Waals surface area contributed by atoms with Gasteiger partial charge in [-0.2, -0.15) is 0 Å². The van der Waals surface area contributed by atoms with Crippen LogP contribution in [-0.2, 0) is 28.6 Å². The standard InChI is InChI=1S/C59H100O6/c1-4-7-10-13-16-19-22-25-28-29-32-34-37-40-43-46-49-52-58(61)64-55-56(65-59(62)53-50-47-44-41-38-35-31-27-24-21-18-15-12-9-6-3)54-63-57(60)51-48-45-42-39-36-33-30-26-23-20-17-14-11-8-5-2/h8,11,16-17,19-21,24-26,28,30,36,39,56H,4-7,9-10,12-15,18,22-23,27,29,31-35,37-38,40-55H2,1-3H3/b11-8-,19-16-,20-17-,24-21-,28-25-,30-26-,39-36-/t56-/m1/s1. The molecule has 6 nitrogen and oxygen atoms in total. The second kappa shape index (κ2) is 53.2. The molecule has 0 bridgehead atoms. The Labute approximate surface area is 401 Å². The normalized spacial score (nSPS) is 12.7. The first-order valence-corrected chi connectivity index (χ1v) is 27.1. The molecule has 0 saturated heterocycles. The number of esters is 3. The summed E-state index contributed by atoms with van der Waals surface area (Å²) < 4.78 is 16.8. The van der Waals surface area contributed by atoms with E-state index in [1.165, 1.54) is 116 Å². The Hall–Kier alpha value is -3.41. The lowest BCUT2D eigenvalue weighted by Crippen LogP contribution is -2.30. The van der Waals surface area contributed by atoms with E-state index in [9.17, 15) is 14.4 Å². The summed E-state index contributed by atoms with van der Waals surface area (Å²) >= 11 is 0. The topological polar surface area (TPSA) is 78.9 Å². The van der Waals surface area contributed by atoms with Crippen molar-refractivity contribution in [2.24, 2.45) is 0 Å². The van der Waals surface area contributed by atoms with Crippen LogP contribution in [0.2, 0.25) is 0 Å². The van der Waals surface area contributed by atoms with E-state index in [-0.39, 0.29) is 31.1 Å². The lowest BCUT2D eigenvalue weighted by atomic mass is 10.1. The summed E-state index contributed by atoms with van der Waals surface area (Å²) in [4.78, 5) is 38.1. The maximum atomic E-state index is 12.8. The van der Waals surface area contributed by atoms with E-state index in [0.717, 1.165) is 96.3 Å². The molecule has 0 N–H and O–H groups in total. The molecule has 0 aliphatic heterocycles.